The van der Waals surface area contributed by atoms with E-state index in [1.165, 1.54) is 69.1 Å². The lowest BCUT2D eigenvalue weighted by Crippen LogP contribution is -2.44. The minimum Gasteiger partial charge on any atom is -0.464 e. The molecule has 0 unspecified atom stereocenters. The van der Waals surface area contributed by atoms with E-state index in [0.29, 0.717) is 6.42 Å². The van der Waals surface area contributed by atoms with E-state index in [4.69, 9.17) is 14.2 Å². The molecule has 1 heterocycles. The fourth-order valence-electron chi connectivity index (χ4n) is 5.54. The van der Waals surface area contributed by atoms with Gasteiger partial charge in [0.05, 0.1) is 19.3 Å². The van der Waals surface area contributed by atoms with E-state index in [2.05, 4.69) is 13.8 Å². The maximum atomic E-state index is 12.6. The molecular weight excluding hydrogens is 546 g/mol. The van der Waals surface area contributed by atoms with Crippen LogP contribution in [0.1, 0.15) is 169 Å². The molecule has 1 amide bonds. The first-order valence-corrected chi connectivity index (χ1v) is 17.6. The summed E-state index contributed by atoms with van der Waals surface area (Å²) >= 11 is 0. The van der Waals surface area contributed by atoms with E-state index in [1.54, 1.807) is 20.8 Å². The van der Waals surface area contributed by atoms with Gasteiger partial charge in [0.25, 0.3) is 0 Å². The standard InChI is InChI=1S/C35H65NO7/c1-6-8-10-12-15-19-23-30(24-20-16-13-11-9-7-2)42-32(38)25-21-17-14-18-22-26-41-33(39)31-27-29(37)28-36(31)34(40)43-35(3,4)5/h29-31,37H,6-28H2,1-5H3/t29-,31+/m1/s1. The minimum absolute atomic E-state index is 0.0618. The number of ether oxygens (including phenoxy) is 3. The highest BCUT2D eigenvalue weighted by atomic mass is 16.6. The summed E-state index contributed by atoms with van der Waals surface area (Å²) < 4.78 is 16.7. The van der Waals surface area contributed by atoms with Crippen LogP contribution in [-0.4, -0.2) is 65.0 Å². The molecule has 1 saturated heterocycles. The van der Waals surface area contributed by atoms with Crippen LogP contribution >= 0.6 is 0 Å². The van der Waals surface area contributed by atoms with Gasteiger partial charge in [0.15, 0.2) is 0 Å². The van der Waals surface area contributed by atoms with Gasteiger partial charge in [0.1, 0.15) is 17.7 Å². The number of β-amino-alcohol motifs (C(OH)–C–C–N with tert-alkyl or cyclic N) is 1. The summed E-state index contributed by atoms with van der Waals surface area (Å²) in [5.41, 5.74) is -0.682. The SMILES string of the molecule is CCCCCCCCC(CCCCCCCC)OC(=O)CCCCCCCOC(=O)[C@@H]1C[C@@H](O)CN1C(=O)OC(C)(C)C. The molecule has 2 atom stereocenters. The summed E-state index contributed by atoms with van der Waals surface area (Å²) in [7, 11) is 0. The van der Waals surface area contributed by atoms with E-state index in [-0.39, 0.29) is 31.6 Å². The third-order valence-corrected chi connectivity index (χ3v) is 8.01. The predicted octanol–water partition coefficient (Wildman–Crippen LogP) is 8.65. The van der Waals surface area contributed by atoms with Crippen molar-refractivity contribution < 1.29 is 33.7 Å². The molecule has 1 fully saturated rings. The molecular formula is C35H65NO7. The molecule has 252 valence electrons. The van der Waals surface area contributed by atoms with E-state index >= 15 is 0 Å². The Balaban J connectivity index is 2.24. The van der Waals surface area contributed by atoms with Gasteiger partial charge in [-0.25, -0.2) is 9.59 Å². The van der Waals surface area contributed by atoms with Crippen LogP contribution in [0.15, 0.2) is 0 Å². The second-order valence-corrected chi connectivity index (χ2v) is 13.4. The number of amides is 1. The number of rotatable bonds is 24. The molecule has 0 radical (unpaired) electrons. The largest absolute Gasteiger partial charge is 0.464 e. The third kappa shape index (κ3) is 19.9. The lowest BCUT2D eigenvalue weighted by atomic mass is 10.0. The van der Waals surface area contributed by atoms with Crippen LogP contribution in [0.3, 0.4) is 0 Å². The van der Waals surface area contributed by atoms with Gasteiger partial charge in [-0.2, -0.15) is 0 Å². The number of aliphatic hydroxyl groups is 1. The molecule has 1 aliphatic rings. The van der Waals surface area contributed by atoms with Crippen molar-refractivity contribution in [3.05, 3.63) is 0 Å². The van der Waals surface area contributed by atoms with Crippen LogP contribution in [0.4, 0.5) is 4.79 Å². The summed E-state index contributed by atoms with van der Waals surface area (Å²) in [5.74, 6) is -0.564. The Morgan fingerprint density at radius 3 is 1.84 bits per heavy atom. The second kappa shape index (κ2) is 23.5. The molecule has 0 bridgehead atoms. The van der Waals surface area contributed by atoms with Gasteiger partial charge >= 0.3 is 18.0 Å². The molecule has 0 aromatic carbocycles. The highest BCUT2D eigenvalue weighted by Crippen LogP contribution is 2.23. The number of esters is 2. The van der Waals surface area contributed by atoms with Crippen LogP contribution in [-0.2, 0) is 23.8 Å². The van der Waals surface area contributed by atoms with Crippen molar-refractivity contribution in [3.8, 4) is 0 Å². The molecule has 1 N–H and O–H groups in total. The van der Waals surface area contributed by atoms with Crippen molar-refractivity contribution in [1.82, 2.24) is 4.90 Å². The Labute approximate surface area is 263 Å². The summed E-state index contributed by atoms with van der Waals surface area (Å²) in [6.07, 6.45) is 20.6. The van der Waals surface area contributed by atoms with Crippen LogP contribution in [0, 0.1) is 0 Å². The number of unbranched alkanes of at least 4 members (excludes halogenated alkanes) is 14. The normalized spacial score (nSPS) is 17.0. The first-order valence-electron chi connectivity index (χ1n) is 17.6. The van der Waals surface area contributed by atoms with Gasteiger partial charge < -0.3 is 19.3 Å². The van der Waals surface area contributed by atoms with Crippen LogP contribution in [0.2, 0.25) is 0 Å². The van der Waals surface area contributed by atoms with Gasteiger partial charge in [-0.3, -0.25) is 9.69 Å². The zero-order valence-electron chi connectivity index (χ0n) is 28.3. The minimum atomic E-state index is -0.818. The fraction of sp³-hybridized carbons (Fsp3) is 0.914. The molecule has 8 heteroatoms. The summed E-state index contributed by atoms with van der Waals surface area (Å²) in [6, 6.07) is -0.818. The maximum Gasteiger partial charge on any atom is 0.411 e. The smallest absolute Gasteiger partial charge is 0.411 e. The highest BCUT2D eigenvalue weighted by Gasteiger charge is 2.41. The first-order chi connectivity index (χ1) is 20.6. The van der Waals surface area contributed by atoms with Gasteiger partial charge in [-0.1, -0.05) is 97.3 Å². The van der Waals surface area contributed by atoms with Crippen LogP contribution < -0.4 is 0 Å². The van der Waals surface area contributed by atoms with Crippen molar-refractivity contribution in [2.24, 2.45) is 0 Å². The van der Waals surface area contributed by atoms with Crippen LogP contribution in [0.25, 0.3) is 0 Å². The Morgan fingerprint density at radius 1 is 0.767 bits per heavy atom. The third-order valence-electron chi connectivity index (χ3n) is 8.01. The highest BCUT2D eigenvalue weighted by molar-refractivity contribution is 5.82. The van der Waals surface area contributed by atoms with Gasteiger partial charge in [-0.05, 0) is 59.3 Å². The van der Waals surface area contributed by atoms with Crippen LogP contribution in [0.5, 0.6) is 0 Å². The Kier molecular flexibility index (Phi) is 21.5. The zero-order chi connectivity index (χ0) is 31.9. The quantitative estimate of drug-likeness (QED) is 0.0662. The monoisotopic (exact) mass is 611 g/mol. The Hall–Kier alpha value is -1.83. The Bertz CT molecular complexity index is 735. The number of hydrogen-bond donors (Lipinski definition) is 1. The molecule has 8 nitrogen and oxygen atoms in total. The van der Waals surface area contributed by atoms with Crippen molar-refractivity contribution in [2.45, 2.75) is 193 Å². The van der Waals surface area contributed by atoms with Gasteiger partial charge in [-0.15, -0.1) is 0 Å². The van der Waals surface area contributed by atoms with Gasteiger partial charge in [0.2, 0.25) is 0 Å². The molecule has 43 heavy (non-hydrogen) atoms. The van der Waals surface area contributed by atoms with Gasteiger partial charge in [0, 0.05) is 12.8 Å². The number of nitrogens with zero attached hydrogens (tertiary/aromatic N) is 1. The number of aliphatic hydroxyl groups excluding tert-OH is 1. The molecule has 1 rings (SSSR count). The summed E-state index contributed by atoms with van der Waals surface area (Å²) in [5, 5.41) is 10.0. The van der Waals surface area contributed by atoms with E-state index in [0.717, 1.165) is 57.8 Å². The predicted molar refractivity (Wildman–Crippen MR) is 172 cm³/mol. The van der Waals surface area contributed by atoms with Crippen molar-refractivity contribution in [1.29, 1.82) is 0 Å². The molecule has 1 aliphatic heterocycles. The zero-order valence-corrected chi connectivity index (χ0v) is 28.3. The molecule has 0 aromatic heterocycles. The first kappa shape index (κ1) is 39.2. The van der Waals surface area contributed by atoms with E-state index in [9.17, 15) is 19.5 Å². The fourth-order valence-corrected chi connectivity index (χ4v) is 5.54. The lowest BCUT2D eigenvalue weighted by Gasteiger charge is -2.27. The Morgan fingerprint density at radius 2 is 1.28 bits per heavy atom. The molecule has 0 spiro atoms. The van der Waals surface area contributed by atoms with Crippen molar-refractivity contribution in [3.63, 3.8) is 0 Å². The number of carbonyl (C=O) groups excluding carboxylic acids is 3. The van der Waals surface area contributed by atoms with E-state index in [1.807, 2.05) is 0 Å². The van der Waals surface area contributed by atoms with Crippen molar-refractivity contribution >= 4 is 18.0 Å². The second-order valence-electron chi connectivity index (χ2n) is 13.4. The number of hydrogen-bond acceptors (Lipinski definition) is 7. The lowest BCUT2D eigenvalue weighted by molar-refractivity contribution is -0.150. The topological polar surface area (TPSA) is 102 Å². The summed E-state index contributed by atoms with van der Waals surface area (Å²) in [6.45, 7) is 10.1. The average Bonchev–Trinajstić information content (AvgIpc) is 3.34. The maximum absolute atomic E-state index is 12.6. The number of likely N-dealkylation sites (tertiary alicyclic amines) is 1. The van der Waals surface area contributed by atoms with Crippen molar-refractivity contribution in [2.75, 3.05) is 13.2 Å². The number of carbonyl (C=O) groups is 3. The molecule has 0 aromatic rings. The average molecular weight is 612 g/mol. The molecule has 0 saturated carbocycles. The van der Waals surface area contributed by atoms with E-state index < -0.39 is 29.8 Å². The summed E-state index contributed by atoms with van der Waals surface area (Å²) in [4.78, 5) is 38.9. The molecule has 0 aliphatic carbocycles.